The number of likely N-dealkylation sites (N-methyl/N-ethyl adjacent to an activating group) is 1. The van der Waals surface area contributed by atoms with Gasteiger partial charge in [-0.05, 0) is 37.8 Å². The summed E-state index contributed by atoms with van der Waals surface area (Å²) in [5.41, 5.74) is 1.18. The Hall–Kier alpha value is -1.06. The Kier molecular flexibility index (Phi) is 10.5. The second-order valence-corrected chi connectivity index (χ2v) is 8.38. The van der Waals surface area contributed by atoms with E-state index in [-0.39, 0.29) is 24.0 Å². The van der Waals surface area contributed by atoms with Gasteiger partial charge in [0.1, 0.15) is 5.75 Å². The van der Waals surface area contributed by atoms with E-state index in [0.717, 1.165) is 37.3 Å². The lowest BCUT2D eigenvalue weighted by Gasteiger charge is -2.34. The zero-order valence-electron chi connectivity index (χ0n) is 18.2. The first-order chi connectivity index (χ1) is 13.6. The lowest BCUT2D eigenvalue weighted by atomic mass is 10.1. The van der Waals surface area contributed by atoms with Crippen molar-refractivity contribution in [1.82, 2.24) is 20.4 Å². The van der Waals surface area contributed by atoms with E-state index in [9.17, 15) is 0 Å². The van der Waals surface area contributed by atoms with Crippen molar-refractivity contribution in [2.45, 2.75) is 26.3 Å². The predicted octanol–water partition coefficient (Wildman–Crippen LogP) is 2.64. The number of benzene rings is 1. The fourth-order valence-corrected chi connectivity index (χ4v) is 3.49. The minimum absolute atomic E-state index is 0. The van der Waals surface area contributed by atoms with E-state index in [1.165, 1.54) is 44.6 Å². The van der Waals surface area contributed by atoms with Crippen LogP contribution in [0.15, 0.2) is 29.3 Å². The highest BCUT2D eigenvalue weighted by molar-refractivity contribution is 14.0. The number of hydrogen-bond acceptors (Lipinski definition) is 4. The number of nitrogens with zero attached hydrogens (tertiary/aromatic N) is 3. The predicted molar refractivity (Wildman–Crippen MR) is 131 cm³/mol. The highest BCUT2D eigenvalue weighted by Gasteiger charge is 2.22. The minimum atomic E-state index is 0. The number of hydrogen-bond donors (Lipinski definition) is 2. The summed E-state index contributed by atoms with van der Waals surface area (Å²) in [7, 11) is 4.03. The van der Waals surface area contributed by atoms with Crippen molar-refractivity contribution in [3.8, 4) is 5.75 Å². The van der Waals surface area contributed by atoms with Crippen LogP contribution in [-0.4, -0.2) is 75.7 Å². The Bertz CT molecular complexity index is 629. The van der Waals surface area contributed by atoms with Gasteiger partial charge in [-0.2, -0.15) is 0 Å². The van der Waals surface area contributed by atoms with E-state index in [1.54, 1.807) is 0 Å². The molecule has 29 heavy (non-hydrogen) atoms. The van der Waals surface area contributed by atoms with Gasteiger partial charge in [0.05, 0.1) is 6.61 Å². The van der Waals surface area contributed by atoms with Crippen LogP contribution in [0.3, 0.4) is 0 Å². The molecule has 6 nitrogen and oxygen atoms in total. The maximum absolute atomic E-state index is 6.01. The molecule has 1 aromatic rings. The molecule has 0 radical (unpaired) electrons. The molecule has 1 atom stereocenters. The molecule has 1 heterocycles. The van der Waals surface area contributed by atoms with Crippen molar-refractivity contribution >= 4 is 29.9 Å². The number of halogens is 1. The van der Waals surface area contributed by atoms with Crippen LogP contribution in [0.1, 0.15) is 25.3 Å². The number of nitrogens with one attached hydrogen (secondary N) is 2. The molecule has 0 amide bonds. The molecule has 1 aliphatic carbocycles. The van der Waals surface area contributed by atoms with Crippen LogP contribution in [0.25, 0.3) is 0 Å². The molecule has 1 aromatic carbocycles. The molecule has 0 bridgehead atoms. The normalized spacial score (nSPS) is 19.3. The maximum Gasteiger partial charge on any atom is 0.191 e. The molecule has 1 aliphatic heterocycles. The van der Waals surface area contributed by atoms with Crippen LogP contribution < -0.4 is 15.4 Å². The molecule has 1 unspecified atom stereocenters. The molecule has 164 valence electrons. The van der Waals surface area contributed by atoms with E-state index in [2.05, 4.69) is 57.6 Å². The standard InChI is InChI=1S/C22H37N5O.HI/c1-18(16-27-12-10-26(3)11-13-27)14-24-22(23-2)25-15-20-6-4-5-7-21(20)28-17-19-8-9-19;/h4-7,18-19H,8-17H2,1-3H3,(H2,23,24,25);1H. The summed E-state index contributed by atoms with van der Waals surface area (Å²) in [6, 6.07) is 8.29. The molecule has 7 heteroatoms. The molecule has 2 fully saturated rings. The van der Waals surface area contributed by atoms with Gasteiger partial charge in [0.25, 0.3) is 0 Å². The van der Waals surface area contributed by atoms with Gasteiger partial charge in [-0.25, -0.2) is 0 Å². The molecule has 1 saturated carbocycles. The van der Waals surface area contributed by atoms with E-state index in [4.69, 9.17) is 4.74 Å². The summed E-state index contributed by atoms with van der Waals surface area (Å²) < 4.78 is 6.01. The van der Waals surface area contributed by atoms with Gasteiger partial charge in [0.15, 0.2) is 5.96 Å². The number of rotatable bonds is 9. The van der Waals surface area contributed by atoms with E-state index >= 15 is 0 Å². The van der Waals surface area contributed by atoms with Crippen molar-refractivity contribution in [2.24, 2.45) is 16.8 Å². The monoisotopic (exact) mass is 515 g/mol. The van der Waals surface area contributed by atoms with Crippen LogP contribution in [0.5, 0.6) is 5.75 Å². The zero-order valence-corrected chi connectivity index (χ0v) is 20.5. The van der Waals surface area contributed by atoms with Crippen molar-refractivity contribution in [3.63, 3.8) is 0 Å². The average molecular weight is 515 g/mol. The summed E-state index contributed by atoms with van der Waals surface area (Å²) in [5, 5.41) is 6.91. The minimum Gasteiger partial charge on any atom is -0.493 e. The van der Waals surface area contributed by atoms with Gasteiger partial charge in [0, 0.05) is 58.4 Å². The van der Waals surface area contributed by atoms with Crippen LogP contribution in [0, 0.1) is 11.8 Å². The first kappa shape index (κ1) is 24.2. The Morgan fingerprint density at radius 1 is 1.17 bits per heavy atom. The SMILES string of the molecule is CN=C(NCc1ccccc1OCC1CC1)NCC(C)CN1CCN(C)CC1.I. The van der Waals surface area contributed by atoms with Gasteiger partial charge < -0.3 is 25.2 Å². The van der Waals surface area contributed by atoms with Crippen LogP contribution in [-0.2, 0) is 6.54 Å². The quantitative estimate of drug-likeness (QED) is 0.301. The second kappa shape index (κ2) is 12.6. The van der Waals surface area contributed by atoms with Gasteiger partial charge in [-0.1, -0.05) is 25.1 Å². The molecule has 2 N–H and O–H groups in total. The van der Waals surface area contributed by atoms with Crippen molar-refractivity contribution < 1.29 is 4.74 Å². The summed E-state index contributed by atoms with van der Waals surface area (Å²) in [6.45, 7) is 10.6. The largest absolute Gasteiger partial charge is 0.493 e. The molecular formula is C22H38IN5O. The number of ether oxygens (including phenoxy) is 1. The molecule has 0 aromatic heterocycles. The maximum atomic E-state index is 6.01. The number of aliphatic imine (C=N–C) groups is 1. The highest BCUT2D eigenvalue weighted by Crippen LogP contribution is 2.30. The van der Waals surface area contributed by atoms with Crippen LogP contribution in [0.4, 0.5) is 0 Å². The van der Waals surface area contributed by atoms with Crippen molar-refractivity contribution in [3.05, 3.63) is 29.8 Å². The molecular weight excluding hydrogens is 477 g/mol. The van der Waals surface area contributed by atoms with E-state index in [1.807, 2.05) is 13.1 Å². The molecule has 3 rings (SSSR count). The fourth-order valence-electron chi connectivity index (χ4n) is 3.49. The lowest BCUT2D eigenvalue weighted by Crippen LogP contribution is -2.47. The van der Waals surface area contributed by atoms with Crippen molar-refractivity contribution in [1.29, 1.82) is 0 Å². The van der Waals surface area contributed by atoms with Gasteiger partial charge in [-0.3, -0.25) is 4.99 Å². The van der Waals surface area contributed by atoms with Gasteiger partial charge in [-0.15, -0.1) is 24.0 Å². The Morgan fingerprint density at radius 3 is 2.59 bits per heavy atom. The third kappa shape index (κ3) is 8.68. The average Bonchev–Trinajstić information content (AvgIpc) is 3.53. The fraction of sp³-hybridized carbons (Fsp3) is 0.682. The van der Waals surface area contributed by atoms with Crippen LogP contribution in [0.2, 0.25) is 0 Å². The van der Waals surface area contributed by atoms with Gasteiger partial charge >= 0.3 is 0 Å². The third-order valence-electron chi connectivity index (χ3n) is 5.60. The second-order valence-electron chi connectivity index (χ2n) is 8.38. The number of piperazine rings is 1. The zero-order chi connectivity index (χ0) is 19.8. The topological polar surface area (TPSA) is 52.1 Å². The van der Waals surface area contributed by atoms with Crippen molar-refractivity contribution in [2.75, 3.05) is 60.0 Å². The number of para-hydroxylation sites is 1. The van der Waals surface area contributed by atoms with Gasteiger partial charge in [0.2, 0.25) is 0 Å². The summed E-state index contributed by atoms with van der Waals surface area (Å²) in [5.74, 6) is 3.18. The third-order valence-corrected chi connectivity index (χ3v) is 5.60. The lowest BCUT2D eigenvalue weighted by molar-refractivity contribution is 0.139. The summed E-state index contributed by atoms with van der Waals surface area (Å²) >= 11 is 0. The molecule has 1 saturated heterocycles. The van der Waals surface area contributed by atoms with Crippen LogP contribution >= 0.6 is 24.0 Å². The Labute approximate surface area is 193 Å². The summed E-state index contributed by atoms with van der Waals surface area (Å²) in [6.07, 6.45) is 2.62. The Morgan fingerprint density at radius 2 is 1.90 bits per heavy atom. The molecule has 2 aliphatic rings. The van der Waals surface area contributed by atoms with E-state index < -0.39 is 0 Å². The first-order valence-corrected chi connectivity index (χ1v) is 10.7. The summed E-state index contributed by atoms with van der Waals surface area (Å²) in [4.78, 5) is 9.34. The smallest absolute Gasteiger partial charge is 0.191 e. The van der Waals surface area contributed by atoms with E-state index in [0.29, 0.717) is 12.5 Å². The highest BCUT2D eigenvalue weighted by atomic mass is 127. The molecule has 0 spiro atoms. The Balaban J connectivity index is 0.00000300. The first-order valence-electron chi connectivity index (χ1n) is 10.7. The number of guanidine groups is 1.